The highest BCUT2D eigenvalue weighted by Crippen LogP contribution is 2.13. The highest BCUT2D eigenvalue weighted by atomic mass is 16.3. The average molecular weight is 161 g/mol. The second kappa shape index (κ2) is 4.23. The lowest BCUT2D eigenvalue weighted by molar-refractivity contribution is 0.478. The Morgan fingerprint density at radius 3 is 2.00 bits per heavy atom. The molecule has 0 fully saturated rings. The van der Waals surface area contributed by atoms with Crippen LogP contribution >= 0.6 is 0 Å². The second-order valence-corrected chi connectivity index (χ2v) is 2.33. The largest absolute Gasteiger partial charge is 0.506 e. The molecule has 0 unspecified atom stereocenters. The molecule has 0 aliphatic carbocycles. The number of hydrogen-bond acceptors (Lipinski definition) is 2. The molecular formula is C10H11NO. The Morgan fingerprint density at radius 2 is 1.33 bits per heavy atom. The zero-order valence-corrected chi connectivity index (χ0v) is 6.64. The molecule has 0 saturated heterocycles. The predicted octanol–water partition coefficient (Wildman–Crippen LogP) is 2.10. The Hall–Kier alpha value is -1.70. The van der Waals surface area contributed by atoms with E-state index in [0.717, 1.165) is 0 Å². The summed E-state index contributed by atoms with van der Waals surface area (Å²) in [7, 11) is 0. The lowest BCUT2D eigenvalue weighted by atomic mass is 10.3. The molecule has 1 aromatic rings. The van der Waals surface area contributed by atoms with Gasteiger partial charge in [0.25, 0.3) is 0 Å². The lowest BCUT2D eigenvalue weighted by Gasteiger charge is -1.90. The van der Waals surface area contributed by atoms with E-state index >= 15 is 0 Å². The molecule has 0 atom stereocenters. The first-order valence-electron chi connectivity index (χ1n) is 3.67. The second-order valence-electron chi connectivity index (χ2n) is 2.33. The van der Waals surface area contributed by atoms with Crippen LogP contribution in [-0.4, -0.2) is 5.11 Å². The Kier molecular flexibility index (Phi) is 2.96. The zero-order valence-electron chi connectivity index (χ0n) is 6.64. The summed E-state index contributed by atoms with van der Waals surface area (Å²) in [5.41, 5.74) is 5.87. The lowest BCUT2D eigenvalue weighted by Crippen LogP contribution is -1.80. The number of aromatic hydroxyl groups is 1. The minimum absolute atomic E-state index is 0.0891. The molecule has 0 amide bonds. The van der Waals surface area contributed by atoms with Gasteiger partial charge in [-0.15, -0.1) is 0 Å². The molecule has 0 spiro atoms. The van der Waals surface area contributed by atoms with Gasteiger partial charge in [0.1, 0.15) is 5.75 Å². The predicted molar refractivity (Wildman–Crippen MR) is 50.1 cm³/mol. The number of nitrogen functional groups attached to an aromatic ring is 1. The topological polar surface area (TPSA) is 46.2 Å². The van der Waals surface area contributed by atoms with Gasteiger partial charge in [0.2, 0.25) is 0 Å². The molecule has 62 valence electrons. The molecule has 0 heterocycles. The fraction of sp³-hybridized carbons (Fsp3) is 0. The fourth-order valence-corrected chi connectivity index (χ4v) is 0.744. The van der Waals surface area contributed by atoms with Gasteiger partial charge in [-0.05, 0) is 12.1 Å². The van der Waals surface area contributed by atoms with Gasteiger partial charge in [-0.25, -0.2) is 0 Å². The fourth-order valence-electron chi connectivity index (χ4n) is 0.744. The van der Waals surface area contributed by atoms with Gasteiger partial charge in [-0.1, -0.05) is 36.4 Å². The number of rotatable bonds is 0. The molecule has 3 N–H and O–H groups in total. The van der Waals surface area contributed by atoms with E-state index in [1.54, 1.807) is 24.3 Å². The standard InChI is InChI=1S/C10H11NO/c11-9-7-5-3-1-2-4-6-8-10(9)12/h1-8,12H,11H2. The molecule has 0 aliphatic heterocycles. The first-order valence-corrected chi connectivity index (χ1v) is 3.67. The summed E-state index contributed by atoms with van der Waals surface area (Å²) in [6.45, 7) is 0. The van der Waals surface area contributed by atoms with E-state index in [4.69, 9.17) is 5.73 Å². The van der Waals surface area contributed by atoms with Crippen molar-refractivity contribution in [2.75, 3.05) is 5.73 Å². The van der Waals surface area contributed by atoms with Crippen LogP contribution in [0, 0.1) is 0 Å². The Bertz CT molecular complexity index is 277. The molecular weight excluding hydrogens is 150 g/mol. The van der Waals surface area contributed by atoms with E-state index in [1.807, 2.05) is 24.3 Å². The Morgan fingerprint density at radius 1 is 0.833 bits per heavy atom. The van der Waals surface area contributed by atoms with Crippen LogP contribution in [-0.2, 0) is 0 Å². The minimum Gasteiger partial charge on any atom is -0.506 e. The van der Waals surface area contributed by atoms with Crippen molar-refractivity contribution in [2.24, 2.45) is 0 Å². The third-order valence-electron chi connectivity index (χ3n) is 1.38. The first-order chi connectivity index (χ1) is 5.80. The van der Waals surface area contributed by atoms with Gasteiger partial charge < -0.3 is 10.8 Å². The van der Waals surface area contributed by atoms with Gasteiger partial charge in [0.15, 0.2) is 0 Å². The summed E-state index contributed by atoms with van der Waals surface area (Å²) in [6.07, 6.45) is 0. The molecule has 0 saturated carbocycles. The van der Waals surface area contributed by atoms with Crippen LogP contribution in [0.15, 0.2) is 48.5 Å². The van der Waals surface area contributed by atoms with Crippen molar-refractivity contribution in [3.8, 4) is 5.75 Å². The van der Waals surface area contributed by atoms with Crippen LogP contribution in [0.4, 0.5) is 5.69 Å². The van der Waals surface area contributed by atoms with Gasteiger partial charge in [0, 0.05) is 0 Å². The van der Waals surface area contributed by atoms with Gasteiger partial charge in [0.05, 0.1) is 5.69 Å². The summed E-state index contributed by atoms with van der Waals surface area (Å²) >= 11 is 0. The quantitative estimate of drug-likeness (QED) is 0.612. The molecule has 0 aliphatic rings. The molecule has 1 rings (SSSR count). The van der Waals surface area contributed by atoms with E-state index in [2.05, 4.69) is 0 Å². The average Bonchev–Trinajstić information content (AvgIpc) is 2.08. The highest BCUT2D eigenvalue weighted by Gasteiger charge is 1.85. The molecule has 0 radical (unpaired) electrons. The Balaban J connectivity index is 3.25. The Labute approximate surface area is 71.6 Å². The molecule has 0 bridgehead atoms. The van der Waals surface area contributed by atoms with E-state index in [-0.39, 0.29) is 5.75 Å². The maximum absolute atomic E-state index is 9.26. The third-order valence-corrected chi connectivity index (χ3v) is 1.38. The van der Waals surface area contributed by atoms with E-state index in [1.165, 1.54) is 0 Å². The summed E-state index contributed by atoms with van der Waals surface area (Å²) in [4.78, 5) is 0. The van der Waals surface area contributed by atoms with Crippen molar-refractivity contribution in [3.05, 3.63) is 48.5 Å². The third kappa shape index (κ3) is 2.50. The zero-order chi connectivity index (χ0) is 8.81. The summed E-state index contributed by atoms with van der Waals surface area (Å²) in [6, 6.07) is 14.1. The molecule has 12 heavy (non-hydrogen) atoms. The first kappa shape index (κ1) is 8.40. The normalized spacial score (nSPS) is 8.67. The number of anilines is 1. The van der Waals surface area contributed by atoms with Gasteiger partial charge in [-0.2, -0.15) is 0 Å². The highest BCUT2D eigenvalue weighted by molar-refractivity contribution is 5.48. The summed E-state index contributed by atoms with van der Waals surface area (Å²) < 4.78 is 0. The van der Waals surface area contributed by atoms with Crippen LogP contribution in [0.25, 0.3) is 0 Å². The van der Waals surface area contributed by atoms with Crippen LogP contribution in [0.3, 0.4) is 0 Å². The van der Waals surface area contributed by atoms with E-state index in [9.17, 15) is 5.11 Å². The SMILES string of the molecule is Nc1ccccccccc1O. The van der Waals surface area contributed by atoms with Crippen molar-refractivity contribution in [2.45, 2.75) is 0 Å². The molecule has 1 aromatic carbocycles. The smallest absolute Gasteiger partial charge is 0.138 e. The maximum Gasteiger partial charge on any atom is 0.138 e. The minimum atomic E-state index is 0.0891. The summed E-state index contributed by atoms with van der Waals surface area (Å²) in [5.74, 6) is 0.0891. The maximum atomic E-state index is 9.26. The molecule has 2 heteroatoms. The van der Waals surface area contributed by atoms with Crippen molar-refractivity contribution in [1.82, 2.24) is 0 Å². The van der Waals surface area contributed by atoms with Gasteiger partial charge in [-0.3, -0.25) is 0 Å². The molecule has 2 nitrogen and oxygen atoms in total. The van der Waals surface area contributed by atoms with Crippen molar-refractivity contribution < 1.29 is 5.11 Å². The molecule has 0 aromatic heterocycles. The van der Waals surface area contributed by atoms with Crippen LogP contribution < -0.4 is 5.73 Å². The van der Waals surface area contributed by atoms with Crippen LogP contribution in [0.2, 0.25) is 0 Å². The van der Waals surface area contributed by atoms with Crippen molar-refractivity contribution >= 4 is 5.69 Å². The van der Waals surface area contributed by atoms with E-state index in [0.29, 0.717) is 5.69 Å². The van der Waals surface area contributed by atoms with Crippen LogP contribution in [0.5, 0.6) is 5.75 Å². The van der Waals surface area contributed by atoms with Crippen LogP contribution in [0.1, 0.15) is 0 Å². The van der Waals surface area contributed by atoms with E-state index < -0.39 is 0 Å². The number of nitrogens with two attached hydrogens (primary N) is 1. The monoisotopic (exact) mass is 161 g/mol. The number of hydrogen-bond donors (Lipinski definition) is 2. The van der Waals surface area contributed by atoms with Gasteiger partial charge >= 0.3 is 0 Å². The van der Waals surface area contributed by atoms with Crippen molar-refractivity contribution in [1.29, 1.82) is 0 Å². The van der Waals surface area contributed by atoms with Crippen molar-refractivity contribution in [3.63, 3.8) is 0 Å². The summed E-state index contributed by atoms with van der Waals surface area (Å²) in [5, 5.41) is 9.26.